The van der Waals surface area contributed by atoms with Crippen molar-refractivity contribution >= 4 is 23.6 Å². The second-order valence-electron chi connectivity index (χ2n) is 5.90. The summed E-state index contributed by atoms with van der Waals surface area (Å²) in [4.78, 5) is 24.3. The number of rotatable bonds is 6. The first-order valence-electron chi connectivity index (χ1n) is 8.93. The minimum absolute atomic E-state index is 0.199. The summed E-state index contributed by atoms with van der Waals surface area (Å²) in [5.41, 5.74) is 0.933. The lowest BCUT2D eigenvalue weighted by Crippen LogP contribution is -2.18. The van der Waals surface area contributed by atoms with Crippen LogP contribution in [0.25, 0.3) is 0 Å². The maximum absolute atomic E-state index is 12.2. The predicted molar refractivity (Wildman–Crippen MR) is 112 cm³/mol. The fraction of sp³-hybridized carbons (Fsp3) is 0.0909. The number of anilines is 2. The van der Waals surface area contributed by atoms with Crippen LogP contribution in [-0.2, 0) is 0 Å². The number of nitrogens with one attached hydrogen (secondary N) is 2. The number of benzene rings is 3. The summed E-state index contributed by atoms with van der Waals surface area (Å²) in [6.07, 6.45) is -1.43. The molecule has 0 spiro atoms. The van der Waals surface area contributed by atoms with E-state index in [1.54, 1.807) is 66.7 Å². The van der Waals surface area contributed by atoms with Crippen LogP contribution < -0.4 is 29.6 Å². The van der Waals surface area contributed by atoms with Crippen LogP contribution in [0.2, 0.25) is 0 Å². The van der Waals surface area contributed by atoms with Crippen molar-refractivity contribution in [3.8, 4) is 23.0 Å². The van der Waals surface area contributed by atoms with Crippen molar-refractivity contribution in [3.05, 3.63) is 72.8 Å². The third kappa shape index (κ3) is 5.41. The molecule has 3 aromatic carbocycles. The van der Waals surface area contributed by atoms with Gasteiger partial charge >= 0.3 is 12.2 Å². The fourth-order valence-corrected chi connectivity index (χ4v) is 2.58. The number of para-hydroxylation sites is 4. The topological polar surface area (TPSA) is 95.1 Å². The minimum atomic E-state index is -0.713. The van der Waals surface area contributed by atoms with Crippen LogP contribution in [0.5, 0.6) is 23.0 Å². The quantitative estimate of drug-likeness (QED) is 0.601. The Labute approximate surface area is 173 Å². The molecule has 30 heavy (non-hydrogen) atoms. The van der Waals surface area contributed by atoms with Crippen LogP contribution >= 0.6 is 0 Å². The molecule has 0 aliphatic carbocycles. The highest BCUT2D eigenvalue weighted by Gasteiger charge is 2.12. The van der Waals surface area contributed by atoms with Gasteiger partial charge in [-0.1, -0.05) is 30.3 Å². The standard InChI is InChI=1S/C22H20N2O6/c1-27-19-12-5-3-10-17(19)23-21(25)29-15-8-7-9-16(14-15)30-22(26)24-18-11-4-6-13-20(18)28-2/h3-14H,1-2H3,(H,23,25)(H,24,26). The molecule has 0 aliphatic heterocycles. The summed E-state index contributed by atoms with van der Waals surface area (Å²) in [5.74, 6) is 1.40. The Kier molecular flexibility index (Phi) is 6.73. The molecular formula is C22H20N2O6. The minimum Gasteiger partial charge on any atom is -0.495 e. The summed E-state index contributed by atoms with van der Waals surface area (Å²) in [5, 5.41) is 5.19. The summed E-state index contributed by atoms with van der Waals surface area (Å²) < 4.78 is 20.9. The Hall–Kier alpha value is -4.20. The molecule has 3 aromatic rings. The fourth-order valence-electron chi connectivity index (χ4n) is 2.58. The van der Waals surface area contributed by atoms with E-state index in [-0.39, 0.29) is 11.5 Å². The van der Waals surface area contributed by atoms with Gasteiger partial charge in [-0.2, -0.15) is 0 Å². The SMILES string of the molecule is COc1ccccc1NC(=O)Oc1cccc(OC(=O)Nc2ccccc2OC)c1. The van der Waals surface area contributed by atoms with Gasteiger partial charge in [0.05, 0.1) is 25.6 Å². The first-order chi connectivity index (χ1) is 14.6. The molecule has 0 saturated carbocycles. The predicted octanol–water partition coefficient (Wildman–Crippen LogP) is 4.93. The first-order valence-corrected chi connectivity index (χ1v) is 8.93. The summed E-state index contributed by atoms with van der Waals surface area (Å²) in [6, 6.07) is 20.0. The Balaban J connectivity index is 1.61. The average molecular weight is 408 g/mol. The van der Waals surface area contributed by atoms with E-state index < -0.39 is 12.2 Å². The third-order valence-electron chi connectivity index (χ3n) is 3.91. The number of ether oxygens (including phenoxy) is 4. The molecule has 8 heteroatoms. The molecule has 0 aromatic heterocycles. The van der Waals surface area contributed by atoms with Gasteiger partial charge in [0.2, 0.25) is 0 Å². The number of amides is 2. The molecule has 154 valence electrons. The number of hydrogen-bond donors (Lipinski definition) is 2. The highest BCUT2D eigenvalue weighted by Crippen LogP contribution is 2.26. The second-order valence-corrected chi connectivity index (χ2v) is 5.90. The molecule has 0 saturated heterocycles. The van der Waals surface area contributed by atoms with Crippen LogP contribution in [0, 0.1) is 0 Å². The van der Waals surface area contributed by atoms with Crippen molar-refractivity contribution in [2.45, 2.75) is 0 Å². The zero-order valence-electron chi connectivity index (χ0n) is 16.4. The largest absolute Gasteiger partial charge is 0.495 e. The van der Waals surface area contributed by atoms with Crippen molar-refractivity contribution in [3.63, 3.8) is 0 Å². The van der Waals surface area contributed by atoms with E-state index in [0.29, 0.717) is 22.9 Å². The van der Waals surface area contributed by atoms with Crippen LogP contribution in [0.3, 0.4) is 0 Å². The number of hydrogen-bond acceptors (Lipinski definition) is 6. The lowest BCUT2D eigenvalue weighted by molar-refractivity contribution is 0.213. The van der Waals surface area contributed by atoms with Crippen LogP contribution in [0.1, 0.15) is 0 Å². The number of carbonyl (C=O) groups is 2. The summed E-state index contributed by atoms with van der Waals surface area (Å²) in [7, 11) is 3.01. The van der Waals surface area contributed by atoms with Crippen molar-refractivity contribution < 1.29 is 28.5 Å². The second kappa shape index (κ2) is 9.83. The smallest absolute Gasteiger partial charge is 0.417 e. The number of carbonyl (C=O) groups excluding carboxylic acids is 2. The van der Waals surface area contributed by atoms with Gasteiger partial charge in [-0.05, 0) is 36.4 Å². The molecule has 0 radical (unpaired) electrons. The van der Waals surface area contributed by atoms with Crippen LogP contribution in [0.4, 0.5) is 21.0 Å². The van der Waals surface area contributed by atoms with E-state index in [0.717, 1.165) is 0 Å². The van der Waals surface area contributed by atoms with Gasteiger partial charge in [-0.3, -0.25) is 10.6 Å². The van der Waals surface area contributed by atoms with E-state index in [1.807, 2.05) is 0 Å². The van der Waals surface area contributed by atoms with Crippen molar-refractivity contribution in [2.75, 3.05) is 24.9 Å². The van der Waals surface area contributed by atoms with Gasteiger partial charge in [-0.15, -0.1) is 0 Å². The Morgan fingerprint density at radius 2 is 1.07 bits per heavy atom. The molecule has 2 amide bonds. The molecule has 8 nitrogen and oxygen atoms in total. The first kappa shape index (κ1) is 20.5. The average Bonchev–Trinajstić information content (AvgIpc) is 2.74. The molecule has 0 bridgehead atoms. The lowest BCUT2D eigenvalue weighted by atomic mass is 10.3. The van der Waals surface area contributed by atoms with Gasteiger partial charge in [0.1, 0.15) is 23.0 Å². The zero-order valence-corrected chi connectivity index (χ0v) is 16.4. The molecule has 0 aliphatic rings. The molecule has 0 heterocycles. The van der Waals surface area contributed by atoms with Crippen molar-refractivity contribution in [1.29, 1.82) is 0 Å². The van der Waals surface area contributed by atoms with Crippen molar-refractivity contribution in [1.82, 2.24) is 0 Å². The molecule has 0 unspecified atom stereocenters. The molecule has 0 fully saturated rings. The van der Waals surface area contributed by atoms with Gasteiger partial charge in [0.15, 0.2) is 0 Å². The lowest BCUT2D eigenvalue weighted by Gasteiger charge is -2.12. The maximum atomic E-state index is 12.2. The Bertz CT molecular complexity index is 959. The van der Waals surface area contributed by atoms with Gasteiger partial charge in [0.25, 0.3) is 0 Å². The van der Waals surface area contributed by atoms with E-state index in [4.69, 9.17) is 18.9 Å². The molecule has 2 N–H and O–H groups in total. The molecule has 3 rings (SSSR count). The summed E-state index contributed by atoms with van der Waals surface area (Å²) >= 11 is 0. The van der Waals surface area contributed by atoms with E-state index in [2.05, 4.69) is 10.6 Å². The van der Waals surface area contributed by atoms with Gasteiger partial charge in [0, 0.05) is 6.07 Å². The Morgan fingerprint density at radius 1 is 0.633 bits per heavy atom. The van der Waals surface area contributed by atoms with E-state index in [1.165, 1.54) is 20.3 Å². The monoisotopic (exact) mass is 408 g/mol. The molecular weight excluding hydrogens is 388 g/mol. The van der Waals surface area contributed by atoms with Crippen LogP contribution in [-0.4, -0.2) is 26.4 Å². The number of methoxy groups -OCH3 is 2. The normalized spacial score (nSPS) is 9.93. The zero-order chi connectivity index (χ0) is 21.3. The van der Waals surface area contributed by atoms with Crippen molar-refractivity contribution in [2.24, 2.45) is 0 Å². The maximum Gasteiger partial charge on any atom is 0.417 e. The summed E-state index contributed by atoms with van der Waals surface area (Å²) in [6.45, 7) is 0. The van der Waals surface area contributed by atoms with E-state index in [9.17, 15) is 9.59 Å². The Morgan fingerprint density at radius 3 is 1.50 bits per heavy atom. The highest BCUT2D eigenvalue weighted by molar-refractivity contribution is 5.89. The van der Waals surface area contributed by atoms with Gasteiger partial charge < -0.3 is 18.9 Å². The van der Waals surface area contributed by atoms with Crippen LogP contribution in [0.15, 0.2) is 72.8 Å². The van der Waals surface area contributed by atoms with E-state index >= 15 is 0 Å². The third-order valence-corrected chi connectivity index (χ3v) is 3.91. The highest BCUT2D eigenvalue weighted by atomic mass is 16.6. The van der Waals surface area contributed by atoms with Gasteiger partial charge in [-0.25, -0.2) is 9.59 Å². The molecule has 0 atom stereocenters.